The van der Waals surface area contributed by atoms with E-state index in [1.807, 2.05) is 54.6 Å². The van der Waals surface area contributed by atoms with Crippen LogP contribution in [0.2, 0.25) is 0 Å². The highest BCUT2D eigenvalue weighted by Gasteiger charge is 2.12. The first-order valence-electron chi connectivity index (χ1n) is 9.31. The zero-order valence-electron chi connectivity index (χ0n) is 15.9. The molecule has 0 unspecified atom stereocenters. The van der Waals surface area contributed by atoms with Gasteiger partial charge in [-0.2, -0.15) is 5.26 Å². The summed E-state index contributed by atoms with van der Waals surface area (Å²) in [5.74, 6) is -0.258. The molecule has 0 bridgehead atoms. The third kappa shape index (κ3) is 4.75. The highest BCUT2D eigenvalue weighted by molar-refractivity contribution is 6.14. The number of allylic oxidation sites excluding steroid dienone is 1. The minimum atomic E-state index is -0.258. The Hall–Kier alpha value is -3.64. The van der Waals surface area contributed by atoms with Gasteiger partial charge in [-0.3, -0.25) is 4.79 Å². The zero-order chi connectivity index (χ0) is 19.8. The number of hydrogen-bond donors (Lipinski definition) is 0. The lowest BCUT2D eigenvalue weighted by molar-refractivity contribution is 0.104. The first-order chi connectivity index (χ1) is 13.7. The summed E-state index contributed by atoms with van der Waals surface area (Å²) in [7, 11) is 0. The molecule has 0 amide bonds. The van der Waals surface area contributed by atoms with Crippen molar-refractivity contribution in [2.75, 3.05) is 11.4 Å². The molecule has 0 saturated heterocycles. The smallest absolute Gasteiger partial charge is 0.203 e. The Morgan fingerprint density at radius 2 is 1.54 bits per heavy atom. The van der Waals surface area contributed by atoms with Gasteiger partial charge < -0.3 is 4.90 Å². The lowest BCUT2D eigenvalue weighted by atomic mass is 10.0. The van der Waals surface area contributed by atoms with Crippen molar-refractivity contribution in [2.24, 2.45) is 0 Å². The topological polar surface area (TPSA) is 44.1 Å². The molecule has 0 atom stereocenters. The van der Waals surface area contributed by atoms with Gasteiger partial charge in [0.05, 0.1) is 0 Å². The molecule has 138 valence electrons. The molecule has 0 aliphatic rings. The number of carbonyl (C=O) groups excluding carboxylic acids is 1. The van der Waals surface area contributed by atoms with E-state index in [0.29, 0.717) is 5.56 Å². The number of carbonyl (C=O) groups is 1. The fourth-order valence-corrected chi connectivity index (χ4v) is 3.03. The van der Waals surface area contributed by atoms with Crippen LogP contribution in [0.4, 0.5) is 5.69 Å². The highest BCUT2D eigenvalue weighted by atomic mass is 16.1. The normalized spacial score (nSPS) is 10.9. The second kappa shape index (κ2) is 9.34. The van der Waals surface area contributed by atoms with Crippen molar-refractivity contribution >= 4 is 17.5 Å². The average Bonchev–Trinajstić information content (AvgIpc) is 2.77. The number of rotatable bonds is 7. The molecule has 0 aliphatic carbocycles. The SMILES string of the molecule is CCN(Cc1ccccc1)c1ccc(/C=C(\C#N)C(=O)c2ccccc2)cc1. The molecule has 3 rings (SSSR count). The minimum Gasteiger partial charge on any atom is -0.367 e. The van der Waals surface area contributed by atoms with Gasteiger partial charge >= 0.3 is 0 Å². The zero-order valence-corrected chi connectivity index (χ0v) is 15.9. The number of nitrogens with zero attached hydrogens (tertiary/aromatic N) is 2. The second-order valence-electron chi connectivity index (χ2n) is 6.46. The maximum absolute atomic E-state index is 12.5. The van der Waals surface area contributed by atoms with E-state index in [0.717, 1.165) is 24.3 Å². The van der Waals surface area contributed by atoms with Crippen LogP contribution in [0.5, 0.6) is 0 Å². The van der Waals surface area contributed by atoms with Crippen LogP contribution in [-0.4, -0.2) is 12.3 Å². The maximum atomic E-state index is 12.5. The standard InChI is InChI=1S/C25H22N2O/c1-2-27(19-21-9-5-3-6-10-21)24-15-13-20(14-16-24)17-23(18-26)25(28)22-11-7-4-8-12-22/h3-17H,2,19H2,1H3/b23-17+. The maximum Gasteiger partial charge on any atom is 0.203 e. The molecule has 0 fully saturated rings. The predicted octanol–water partition coefficient (Wildman–Crippen LogP) is 5.50. The van der Waals surface area contributed by atoms with Crippen molar-refractivity contribution in [1.29, 1.82) is 5.26 Å². The van der Waals surface area contributed by atoms with Crippen molar-refractivity contribution in [2.45, 2.75) is 13.5 Å². The molecule has 0 heterocycles. The van der Waals surface area contributed by atoms with Crippen LogP contribution in [0.3, 0.4) is 0 Å². The Labute approximate surface area is 166 Å². The molecule has 0 radical (unpaired) electrons. The number of benzene rings is 3. The Balaban J connectivity index is 1.78. The fraction of sp³-hybridized carbons (Fsp3) is 0.120. The summed E-state index contributed by atoms with van der Waals surface area (Å²) < 4.78 is 0. The van der Waals surface area contributed by atoms with Gasteiger partial charge in [0.2, 0.25) is 5.78 Å². The molecular formula is C25H22N2O. The number of anilines is 1. The van der Waals surface area contributed by atoms with E-state index in [9.17, 15) is 10.1 Å². The van der Waals surface area contributed by atoms with Crippen LogP contribution in [0.25, 0.3) is 6.08 Å². The average molecular weight is 366 g/mol. The number of nitriles is 1. The van der Waals surface area contributed by atoms with Gasteiger partial charge in [-0.05, 0) is 36.3 Å². The predicted molar refractivity (Wildman–Crippen MR) is 114 cm³/mol. The van der Waals surface area contributed by atoms with Crippen LogP contribution in [-0.2, 0) is 6.54 Å². The first kappa shape index (κ1) is 19.1. The number of ketones is 1. The van der Waals surface area contributed by atoms with Gasteiger partial charge in [-0.15, -0.1) is 0 Å². The van der Waals surface area contributed by atoms with E-state index >= 15 is 0 Å². The largest absolute Gasteiger partial charge is 0.367 e. The fourth-order valence-electron chi connectivity index (χ4n) is 3.03. The van der Waals surface area contributed by atoms with Crippen molar-refractivity contribution in [3.05, 3.63) is 107 Å². The molecule has 28 heavy (non-hydrogen) atoms. The Morgan fingerprint density at radius 3 is 2.11 bits per heavy atom. The molecule has 0 saturated carbocycles. The van der Waals surface area contributed by atoms with Crippen molar-refractivity contribution in [3.8, 4) is 6.07 Å². The van der Waals surface area contributed by atoms with E-state index in [1.54, 1.807) is 30.3 Å². The summed E-state index contributed by atoms with van der Waals surface area (Å²) in [5, 5.41) is 9.42. The summed E-state index contributed by atoms with van der Waals surface area (Å²) in [4.78, 5) is 14.8. The Morgan fingerprint density at radius 1 is 0.929 bits per heavy atom. The summed E-state index contributed by atoms with van der Waals surface area (Å²) in [6.07, 6.45) is 1.65. The van der Waals surface area contributed by atoms with Crippen molar-refractivity contribution in [3.63, 3.8) is 0 Å². The van der Waals surface area contributed by atoms with Crippen molar-refractivity contribution < 1.29 is 4.79 Å². The van der Waals surface area contributed by atoms with Crippen LogP contribution in [0, 0.1) is 11.3 Å². The van der Waals surface area contributed by atoms with E-state index in [4.69, 9.17) is 0 Å². The molecule has 3 aromatic rings. The van der Waals surface area contributed by atoms with Gasteiger partial charge in [0.1, 0.15) is 11.6 Å². The van der Waals surface area contributed by atoms with Crippen molar-refractivity contribution in [1.82, 2.24) is 0 Å². The number of hydrogen-bond acceptors (Lipinski definition) is 3. The summed E-state index contributed by atoms with van der Waals surface area (Å²) >= 11 is 0. The summed E-state index contributed by atoms with van der Waals surface area (Å²) in [6, 6.07) is 29.2. The quantitative estimate of drug-likeness (QED) is 0.315. The van der Waals surface area contributed by atoms with E-state index < -0.39 is 0 Å². The molecule has 3 nitrogen and oxygen atoms in total. The molecule has 3 aromatic carbocycles. The molecule has 0 aromatic heterocycles. The third-order valence-electron chi connectivity index (χ3n) is 4.57. The lowest BCUT2D eigenvalue weighted by Crippen LogP contribution is -2.21. The van der Waals surface area contributed by atoms with E-state index in [2.05, 4.69) is 24.0 Å². The molecule has 3 heteroatoms. The van der Waals surface area contributed by atoms with Crippen LogP contribution < -0.4 is 4.90 Å². The Kier molecular flexibility index (Phi) is 6.38. The van der Waals surface area contributed by atoms with Crippen LogP contribution in [0.1, 0.15) is 28.4 Å². The van der Waals surface area contributed by atoms with Gasteiger partial charge in [0.25, 0.3) is 0 Å². The lowest BCUT2D eigenvalue weighted by Gasteiger charge is -2.23. The second-order valence-corrected chi connectivity index (χ2v) is 6.46. The summed E-state index contributed by atoms with van der Waals surface area (Å²) in [6.45, 7) is 3.85. The van der Waals surface area contributed by atoms with Gasteiger partial charge in [-0.25, -0.2) is 0 Å². The minimum absolute atomic E-state index is 0.135. The van der Waals surface area contributed by atoms with Gasteiger partial charge in [-0.1, -0.05) is 72.8 Å². The third-order valence-corrected chi connectivity index (χ3v) is 4.57. The first-order valence-corrected chi connectivity index (χ1v) is 9.31. The monoisotopic (exact) mass is 366 g/mol. The van der Waals surface area contributed by atoms with Crippen LogP contribution in [0.15, 0.2) is 90.5 Å². The molecule has 0 aliphatic heterocycles. The van der Waals surface area contributed by atoms with E-state index in [1.165, 1.54) is 5.56 Å². The molecular weight excluding hydrogens is 344 g/mol. The molecule has 0 spiro atoms. The van der Waals surface area contributed by atoms with Crippen LogP contribution >= 0.6 is 0 Å². The number of Topliss-reactive ketones (excluding diaryl/α,β-unsaturated/α-hetero) is 1. The summed E-state index contributed by atoms with van der Waals surface area (Å²) in [5.41, 5.74) is 3.85. The Bertz CT molecular complexity index is 984. The van der Waals surface area contributed by atoms with Gasteiger partial charge in [0, 0.05) is 24.3 Å². The van der Waals surface area contributed by atoms with E-state index in [-0.39, 0.29) is 11.4 Å². The van der Waals surface area contributed by atoms with Gasteiger partial charge in [0.15, 0.2) is 0 Å². The highest BCUT2D eigenvalue weighted by Crippen LogP contribution is 2.20. The molecule has 0 N–H and O–H groups in total.